The average Bonchev–Trinajstić information content (AvgIpc) is 3.33. The number of carbonyl (C=O) groups is 1. The van der Waals surface area contributed by atoms with Crippen molar-refractivity contribution < 1.29 is 22.4 Å². The number of fused-ring (bicyclic) bond motifs is 1. The second-order valence-electron chi connectivity index (χ2n) is 7.95. The third-order valence-electron chi connectivity index (χ3n) is 5.74. The Morgan fingerprint density at radius 2 is 1.79 bits per heavy atom. The van der Waals surface area contributed by atoms with Crippen molar-refractivity contribution in [3.8, 4) is 0 Å². The third kappa shape index (κ3) is 4.52. The van der Waals surface area contributed by atoms with Gasteiger partial charge in [0.25, 0.3) is 5.91 Å². The molecule has 1 aliphatic heterocycles. The van der Waals surface area contributed by atoms with Gasteiger partial charge in [-0.3, -0.25) is 9.78 Å². The van der Waals surface area contributed by atoms with Gasteiger partial charge in [-0.25, -0.2) is 8.42 Å². The zero-order chi connectivity index (χ0) is 23.5. The normalized spacial score (nSPS) is 14.3. The molecule has 9 heteroatoms. The second-order valence-corrected chi connectivity index (χ2v) is 9.90. The Morgan fingerprint density at radius 3 is 2.56 bits per heavy atom. The number of hydrogen-bond donors (Lipinski definition) is 1. The fourth-order valence-corrected chi connectivity index (χ4v) is 5.16. The Balaban J connectivity index is 1.27. The van der Waals surface area contributed by atoms with E-state index in [9.17, 15) is 13.2 Å². The second kappa shape index (κ2) is 9.28. The van der Waals surface area contributed by atoms with Crippen LogP contribution in [-0.4, -0.2) is 45.6 Å². The summed E-state index contributed by atoms with van der Waals surface area (Å²) in [6.45, 7) is 2.95. The zero-order valence-corrected chi connectivity index (χ0v) is 19.1. The third-order valence-corrected chi connectivity index (χ3v) is 7.50. The molecule has 34 heavy (non-hydrogen) atoms. The maximum absolute atomic E-state index is 13.2. The molecule has 0 saturated carbocycles. The van der Waals surface area contributed by atoms with E-state index in [-0.39, 0.29) is 28.0 Å². The molecular formula is C25H23N3O5S. The van der Waals surface area contributed by atoms with Crippen LogP contribution in [0, 0.1) is 0 Å². The van der Waals surface area contributed by atoms with Crippen molar-refractivity contribution in [1.29, 1.82) is 0 Å². The fourth-order valence-electron chi connectivity index (χ4n) is 3.86. The summed E-state index contributed by atoms with van der Waals surface area (Å²) in [6, 6.07) is 16.9. The summed E-state index contributed by atoms with van der Waals surface area (Å²) in [5.41, 5.74) is 2.18. The van der Waals surface area contributed by atoms with Crippen LogP contribution in [-0.2, 0) is 21.1 Å². The van der Waals surface area contributed by atoms with Crippen molar-refractivity contribution in [2.24, 2.45) is 0 Å². The van der Waals surface area contributed by atoms with Crippen LogP contribution in [0.1, 0.15) is 16.1 Å². The summed E-state index contributed by atoms with van der Waals surface area (Å²) < 4.78 is 37.3. The first-order chi connectivity index (χ1) is 16.5. The molecule has 0 unspecified atom stereocenters. The lowest BCUT2D eigenvalue weighted by Crippen LogP contribution is -2.36. The number of hydrogen-bond acceptors (Lipinski definition) is 7. The molecular weight excluding hydrogens is 454 g/mol. The maximum Gasteiger partial charge on any atom is 0.287 e. The van der Waals surface area contributed by atoms with Crippen LogP contribution in [0.15, 0.2) is 87.3 Å². The number of morpholine rings is 1. The number of amides is 1. The lowest BCUT2D eigenvalue weighted by Gasteiger charge is -2.29. The van der Waals surface area contributed by atoms with Gasteiger partial charge in [0.1, 0.15) is 0 Å². The molecule has 1 fully saturated rings. The number of nitrogens with one attached hydrogen (secondary N) is 1. The number of sulfone groups is 1. The highest BCUT2D eigenvalue weighted by Gasteiger charge is 2.20. The van der Waals surface area contributed by atoms with Gasteiger partial charge in [0.2, 0.25) is 9.84 Å². The lowest BCUT2D eigenvalue weighted by molar-refractivity contribution is 0.0925. The van der Waals surface area contributed by atoms with Gasteiger partial charge < -0.3 is 19.4 Å². The largest absolute Gasteiger partial charge is 0.449 e. The molecule has 0 bridgehead atoms. The molecule has 1 aliphatic rings. The first kappa shape index (κ1) is 22.1. The van der Waals surface area contributed by atoms with E-state index in [1.165, 1.54) is 0 Å². The minimum Gasteiger partial charge on any atom is -0.449 e. The minimum absolute atomic E-state index is 0.197. The highest BCUT2D eigenvalue weighted by molar-refractivity contribution is 7.91. The molecule has 4 aromatic rings. The Bertz CT molecular complexity index is 1390. The number of furan rings is 1. The molecule has 3 heterocycles. The van der Waals surface area contributed by atoms with Crippen molar-refractivity contribution in [2.75, 3.05) is 31.2 Å². The van der Waals surface area contributed by atoms with Crippen LogP contribution in [0.3, 0.4) is 0 Å². The van der Waals surface area contributed by atoms with Crippen LogP contribution < -0.4 is 10.2 Å². The van der Waals surface area contributed by atoms with Crippen LogP contribution in [0.2, 0.25) is 0 Å². The molecule has 2 aromatic carbocycles. The van der Waals surface area contributed by atoms with Crippen LogP contribution >= 0.6 is 0 Å². The molecule has 2 aromatic heterocycles. The number of aromatic nitrogens is 1. The molecule has 174 valence electrons. The SMILES string of the molecule is O=C(NCc1ccc(S(=O)(=O)c2cccc(N3CCOCC3)c2)cc1)c1cc2ccncc2o1. The smallest absolute Gasteiger partial charge is 0.287 e. The van der Waals surface area contributed by atoms with E-state index >= 15 is 0 Å². The molecule has 0 spiro atoms. The predicted molar refractivity (Wildman–Crippen MR) is 127 cm³/mol. The molecule has 8 nitrogen and oxygen atoms in total. The maximum atomic E-state index is 13.2. The monoisotopic (exact) mass is 477 g/mol. The first-order valence-corrected chi connectivity index (χ1v) is 12.4. The zero-order valence-electron chi connectivity index (χ0n) is 18.3. The molecule has 1 N–H and O–H groups in total. The van der Waals surface area contributed by atoms with Gasteiger partial charge in [-0.1, -0.05) is 18.2 Å². The Hall–Kier alpha value is -3.69. The van der Waals surface area contributed by atoms with Gasteiger partial charge in [-0.05, 0) is 48.0 Å². The molecule has 0 aliphatic carbocycles. The Kier molecular flexibility index (Phi) is 6.04. The number of pyridine rings is 1. The summed E-state index contributed by atoms with van der Waals surface area (Å²) in [5, 5.41) is 3.59. The van der Waals surface area contributed by atoms with E-state index in [1.807, 2.05) is 6.07 Å². The van der Waals surface area contributed by atoms with Gasteiger partial charge in [-0.15, -0.1) is 0 Å². The van der Waals surface area contributed by atoms with E-state index in [4.69, 9.17) is 9.15 Å². The predicted octanol–water partition coefficient (Wildman–Crippen LogP) is 3.43. The van der Waals surface area contributed by atoms with Gasteiger partial charge in [0, 0.05) is 36.9 Å². The Morgan fingerprint density at radius 1 is 1.00 bits per heavy atom. The van der Waals surface area contributed by atoms with Crippen molar-refractivity contribution >= 4 is 32.4 Å². The molecule has 1 saturated heterocycles. The van der Waals surface area contributed by atoms with E-state index in [1.54, 1.807) is 67.0 Å². The minimum atomic E-state index is -3.67. The first-order valence-electron chi connectivity index (χ1n) is 10.9. The Labute approximate surface area is 197 Å². The topological polar surface area (TPSA) is 102 Å². The fraction of sp³-hybridized carbons (Fsp3) is 0.200. The number of anilines is 1. The highest BCUT2D eigenvalue weighted by atomic mass is 32.2. The summed E-state index contributed by atoms with van der Waals surface area (Å²) in [6.07, 6.45) is 3.19. The average molecular weight is 478 g/mol. The molecule has 1 amide bonds. The van der Waals surface area contributed by atoms with E-state index in [0.29, 0.717) is 18.8 Å². The number of carbonyl (C=O) groups excluding carboxylic acids is 1. The number of ether oxygens (including phenoxy) is 1. The van der Waals surface area contributed by atoms with Crippen molar-refractivity contribution in [1.82, 2.24) is 10.3 Å². The number of nitrogens with zero attached hydrogens (tertiary/aromatic N) is 2. The van der Waals surface area contributed by atoms with Gasteiger partial charge in [0.05, 0.1) is 29.2 Å². The van der Waals surface area contributed by atoms with Crippen LogP contribution in [0.5, 0.6) is 0 Å². The summed E-state index contributed by atoms with van der Waals surface area (Å²) in [5.74, 6) is -0.157. The van der Waals surface area contributed by atoms with Gasteiger partial charge >= 0.3 is 0 Å². The lowest BCUT2D eigenvalue weighted by atomic mass is 10.2. The highest BCUT2D eigenvalue weighted by Crippen LogP contribution is 2.26. The standard InChI is InChI=1S/C25H23N3O5S/c29-25(23-14-19-8-9-26-17-24(19)33-23)27-16-18-4-6-21(7-5-18)34(30,31)22-3-1-2-20(15-22)28-10-12-32-13-11-28/h1-9,14-15,17H,10-13,16H2,(H,27,29). The molecule has 0 radical (unpaired) electrons. The van der Waals surface area contributed by atoms with E-state index in [2.05, 4.69) is 15.2 Å². The van der Waals surface area contributed by atoms with Gasteiger partial charge in [0.15, 0.2) is 11.3 Å². The molecule has 0 atom stereocenters. The van der Waals surface area contributed by atoms with E-state index in [0.717, 1.165) is 29.7 Å². The van der Waals surface area contributed by atoms with Crippen LogP contribution in [0.25, 0.3) is 11.0 Å². The summed E-state index contributed by atoms with van der Waals surface area (Å²) >= 11 is 0. The van der Waals surface area contributed by atoms with Crippen molar-refractivity contribution in [3.05, 3.63) is 84.4 Å². The van der Waals surface area contributed by atoms with Crippen molar-refractivity contribution in [2.45, 2.75) is 16.3 Å². The quantitative estimate of drug-likeness (QED) is 0.454. The van der Waals surface area contributed by atoms with Gasteiger partial charge in [-0.2, -0.15) is 0 Å². The summed E-state index contributed by atoms with van der Waals surface area (Å²) in [7, 11) is -3.67. The molecule has 5 rings (SSSR count). The summed E-state index contributed by atoms with van der Waals surface area (Å²) in [4.78, 5) is 19.0. The number of rotatable bonds is 6. The van der Waals surface area contributed by atoms with Crippen LogP contribution in [0.4, 0.5) is 5.69 Å². The van der Waals surface area contributed by atoms with E-state index < -0.39 is 9.84 Å². The number of benzene rings is 2. The van der Waals surface area contributed by atoms with Crippen molar-refractivity contribution in [3.63, 3.8) is 0 Å².